The number of ether oxygens (including phenoxy) is 3. The maximum Gasteiger partial charge on any atom is 0.325 e. The molecule has 8 heteroatoms. The summed E-state index contributed by atoms with van der Waals surface area (Å²) in [7, 11) is 2.94. The van der Waals surface area contributed by atoms with Gasteiger partial charge in [-0.25, -0.2) is 4.98 Å². The fourth-order valence-electron chi connectivity index (χ4n) is 2.44. The molecule has 0 saturated carbocycles. The molecule has 1 unspecified atom stereocenters. The zero-order valence-electron chi connectivity index (χ0n) is 15.4. The molecule has 0 aliphatic heterocycles. The van der Waals surface area contributed by atoms with Crippen LogP contribution in [0.1, 0.15) is 23.0 Å². The smallest absolute Gasteiger partial charge is 0.325 e. The van der Waals surface area contributed by atoms with Crippen molar-refractivity contribution in [1.29, 1.82) is 0 Å². The minimum atomic E-state index is -0.705. The maximum absolute atomic E-state index is 12.1. The van der Waals surface area contributed by atoms with E-state index in [2.05, 4.69) is 10.3 Å². The zero-order chi connectivity index (χ0) is 19.8. The molecule has 1 aromatic carbocycles. The average molecular weight is 374 g/mol. The molecule has 0 aliphatic rings. The van der Waals surface area contributed by atoms with Crippen molar-refractivity contribution in [3.8, 4) is 17.2 Å². The van der Waals surface area contributed by atoms with Crippen LogP contribution in [0.15, 0.2) is 36.5 Å². The molecule has 1 atom stereocenters. The van der Waals surface area contributed by atoms with Crippen molar-refractivity contribution in [1.82, 2.24) is 10.3 Å². The third kappa shape index (κ3) is 5.60. The number of aromatic nitrogens is 1. The summed E-state index contributed by atoms with van der Waals surface area (Å²) in [5.41, 5.74) is 0.732. The molecular formula is C19H22N2O6. The second kappa shape index (κ2) is 9.42. The second-order valence-electron chi connectivity index (χ2n) is 5.75. The molecule has 2 rings (SSSR count). The largest absolute Gasteiger partial charge is 0.503 e. The number of hydrogen-bond acceptors (Lipinski definition) is 7. The molecule has 1 aromatic heterocycles. The number of nitrogens with one attached hydrogen (secondary N) is 1. The lowest BCUT2D eigenvalue weighted by Gasteiger charge is -2.14. The topological polar surface area (TPSA) is 107 Å². The van der Waals surface area contributed by atoms with Crippen LogP contribution in [0.2, 0.25) is 0 Å². The third-order valence-corrected chi connectivity index (χ3v) is 3.71. The van der Waals surface area contributed by atoms with E-state index in [-0.39, 0.29) is 24.1 Å². The first-order valence-corrected chi connectivity index (χ1v) is 8.27. The summed E-state index contributed by atoms with van der Waals surface area (Å²) in [4.78, 5) is 27.8. The number of rotatable bonds is 8. The Morgan fingerprint density at radius 2 is 2.00 bits per heavy atom. The molecule has 1 heterocycles. The first kappa shape index (κ1) is 20.0. The van der Waals surface area contributed by atoms with Crippen LogP contribution < -0.4 is 14.8 Å². The van der Waals surface area contributed by atoms with E-state index >= 15 is 0 Å². The fourth-order valence-corrected chi connectivity index (χ4v) is 2.44. The van der Waals surface area contributed by atoms with Gasteiger partial charge in [0.15, 0.2) is 17.2 Å². The van der Waals surface area contributed by atoms with Gasteiger partial charge >= 0.3 is 5.97 Å². The number of amides is 1. The molecule has 0 radical (unpaired) electrons. The predicted molar refractivity (Wildman–Crippen MR) is 97.0 cm³/mol. The lowest BCUT2D eigenvalue weighted by atomic mass is 10.1. The van der Waals surface area contributed by atoms with E-state index in [1.54, 1.807) is 14.0 Å². The van der Waals surface area contributed by atoms with Gasteiger partial charge in [-0.2, -0.15) is 0 Å². The number of esters is 1. The van der Waals surface area contributed by atoms with E-state index < -0.39 is 17.6 Å². The highest BCUT2D eigenvalue weighted by Gasteiger charge is 2.18. The van der Waals surface area contributed by atoms with Crippen molar-refractivity contribution in [2.75, 3.05) is 20.8 Å². The molecule has 0 spiro atoms. The number of benzene rings is 1. The molecule has 1 amide bonds. The number of hydrogen-bond donors (Lipinski definition) is 2. The quantitative estimate of drug-likeness (QED) is 0.677. The molecular weight excluding hydrogens is 352 g/mol. The van der Waals surface area contributed by atoms with Gasteiger partial charge in [0.2, 0.25) is 0 Å². The monoisotopic (exact) mass is 374 g/mol. The average Bonchev–Trinajstić information content (AvgIpc) is 2.66. The summed E-state index contributed by atoms with van der Waals surface area (Å²) >= 11 is 0. The molecule has 2 N–H and O–H groups in total. The Morgan fingerprint density at radius 3 is 2.70 bits per heavy atom. The van der Waals surface area contributed by atoms with Gasteiger partial charge < -0.3 is 24.6 Å². The Kier molecular flexibility index (Phi) is 6.99. The zero-order valence-corrected chi connectivity index (χ0v) is 15.4. The molecule has 27 heavy (non-hydrogen) atoms. The lowest BCUT2D eigenvalue weighted by Crippen LogP contribution is -2.33. The Bertz CT molecular complexity index is 809. The van der Waals surface area contributed by atoms with Crippen LogP contribution in [0.3, 0.4) is 0 Å². The van der Waals surface area contributed by atoms with Crippen molar-refractivity contribution < 1.29 is 28.9 Å². The Morgan fingerprint density at radius 1 is 1.22 bits per heavy atom. The van der Waals surface area contributed by atoms with Crippen molar-refractivity contribution in [3.63, 3.8) is 0 Å². The number of nitrogens with zero attached hydrogens (tertiary/aromatic N) is 1. The summed E-state index contributed by atoms with van der Waals surface area (Å²) in [6.07, 6.45) is 1.45. The van der Waals surface area contributed by atoms with Crippen molar-refractivity contribution in [2.24, 2.45) is 0 Å². The van der Waals surface area contributed by atoms with Gasteiger partial charge in [0.25, 0.3) is 5.91 Å². The highest BCUT2D eigenvalue weighted by atomic mass is 16.5. The van der Waals surface area contributed by atoms with Gasteiger partial charge in [-0.05, 0) is 24.6 Å². The standard InChI is InChI=1S/C19H22N2O6/c1-12(9-13-5-4-6-14(10-13)25-2)27-16(22)11-21-19(24)17-18(23)15(26-3)7-8-20-17/h4-8,10,12,23H,9,11H2,1-3H3,(H,21,24). The number of carbonyl (C=O) groups excluding carboxylic acids is 2. The van der Waals surface area contributed by atoms with Crippen LogP contribution in [0.4, 0.5) is 0 Å². The minimum Gasteiger partial charge on any atom is -0.503 e. The minimum absolute atomic E-state index is 0.115. The Hall–Kier alpha value is -3.29. The Balaban J connectivity index is 1.85. The molecule has 0 bridgehead atoms. The highest BCUT2D eigenvalue weighted by molar-refractivity contribution is 5.97. The van der Waals surface area contributed by atoms with Crippen molar-refractivity contribution in [2.45, 2.75) is 19.4 Å². The first-order chi connectivity index (χ1) is 12.9. The number of methoxy groups -OCH3 is 2. The molecule has 0 fully saturated rings. The van der Waals surface area contributed by atoms with E-state index in [1.165, 1.54) is 19.4 Å². The molecule has 144 valence electrons. The third-order valence-electron chi connectivity index (χ3n) is 3.71. The summed E-state index contributed by atoms with van der Waals surface area (Å²) < 4.78 is 15.4. The number of pyridine rings is 1. The van der Waals surface area contributed by atoms with E-state index in [0.717, 1.165) is 11.3 Å². The maximum atomic E-state index is 12.1. The number of carbonyl (C=O) groups is 2. The first-order valence-electron chi connectivity index (χ1n) is 8.27. The van der Waals surface area contributed by atoms with E-state index in [0.29, 0.717) is 6.42 Å². The molecule has 8 nitrogen and oxygen atoms in total. The second-order valence-corrected chi connectivity index (χ2v) is 5.75. The van der Waals surface area contributed by atoms with Crippen LogP contribution in [0.25, 0.3) is 0 Å². The van der Waals surface area contributed by atoms with Crippen LogP contribution in [-0.4, -0.2) is 48.8 Å². The molecule has 0 saturated heterocycles. The van der Waals surface area contributed by atoms with Crippen LogP contribution >= 0.6 is 0 Å². The SMILES string of the molecule is COc1cccc(CC(C)OC(=O)CNC(=O)c2nccc(OC)c2O)c1. The van der Waals surface area contributed by atoms with Gasteiger partial charge in [-0.1, -0.05) is 12.1 Å². The van der Waals surface area contributed by atoms with Crippen LogP contribution in [0.5, 0.6) is 17.2 Å². The van der Waals surface area contributed by atoms with Crippen LogP contribution in [0, 0.1) is 0 Å². The Labute approximate surface area is 157 Å². The summed E-state index contributed by atoms with van der Waals surface area (Å²) in [5, 5.41) is 12.3. The molecule has 2 aromatic rings. The van der Waals surface area contributed by atoms with Gasteiger partial charge in [0.05, 0.1) is 14.2 Å². The van der Waals surface area contributed by atoms with Gasteiger partial charge in [-0.3, -0.25) is 9.59 Å². The summed E-state index contributed by atoms with van der Waals surface area (Å²) in [6, 6.07) is 8.88. The normalized spacial score (nSPS) is 11.4. The predicted octanol–water partition coefficient (Wildman–Crippen LogP) is 1.71. The van der Waals surface area contributed by atoms with E-state index in [4.69, 9.17) is 14.2 Å². The van der Waals surface area contributed by atoms with Gasteiger partial charge in [0, 0.05) is 18.7 Å². The molecule has 0 aliphatic carbocycles. The summed E-state index contributed by atoms with van der Waals surface area (Å²) in [5.74, 6) is -0.851. The lowest BCUT2D eigenvalue weighted by molar-refractivity contribution is -0.146. The number of aromatic hydroxyl groups is 1. The van der Waals surface area contributed by atoms with Crippen molar-refractivity contribution >= 4 is 11.9 Å². The van der Waals surface area contributed by atoms with E-state index in [1.807, 2.05) is 24.3 Å². The van der Waals surface area contributed by atoms with Crippen LogP contribution in [-0.2, 0) is 16.0 Å². The van der Waals surface area contributed by atoms with Crippen molar-refractivity contribution in [3.05, 3.63) is 47.8 Å². The van der Waals surface area contributed by atoms with Gasteiger partial charge in [-0.15, -0.1) is 0 Å². The summed E-state index contributed by atoms with van der Waals surface area (Å²) in [6.45, 7) is 1.41. The van der Waals surface area contributed by atoms with E-state index in [9.17, 15) is 14.7 Å². The highest BCUT2D eigenvalue weighted by Crippen LogP contribution is 2.27. The fraction of sp³-hybridized carbons (Fsp3) is 0.316. The van der Waals surface area contributed by atoms with Gasteiger partial charge in [0.1, 0.15) is 18.4 Å².